The Morgan fingerprint density at radius 1 is 1.33 bits per heavy atom. The van der Waals surface area contributed by atoms with E-state index in [9.17, 15) is 4.79 Å². The average molecular weight is 214 g/mol. The van der Waals surface area contributed by atoms with E-state index in [0.29, 0.717) is 0 Å². The number of nitrogens with zero attached hydrogens (tertiary/aromatic N) is 2. The quantitative estimate of drug-likeness (QED) is 0.655. The first-order valence-electron chi connectivity index (χ1n) is 3.84. The molecule has 0 aliphatic rings. The first-order valence-corrected chi connectivity index (χ1v) is 3.84. The lowest BCUT2D eigenvalue weighted by Crippen LogP contribution is -2.12. The second-order valence-electron chi connectivity index (χ2n) is 2.41. The lowest BCUT2D eigenvalue weighted by Gasteiger charge is -2.10. The van der Waals surface area contributed by atoms with Gasteiger partial charge in [0.15, 0.2) is 5.69 Å². The van der Waals surface area contributed by atoms with Crippen LogP contribution in [0.4, 0.5) is 16.4 Å². The molecule has 0 aliphatic heterocycles. The number of nitrogens with two attached hydrogens (primary N) is 1. The molecule has 0 atom stereocenters. The second kappa shape index (κ2) is 4.31. The summed E-state index contributed by atoms with van der Waals surface area (Å²) in [5.74, 6) is -0.0665. The Labute approximate surface area is 85.0 Å². The summed E-state index contributed by atoms with van der Waals surface area (Å²) >= 11 is 0. The normalized spacial score (nSPS) is 9.47. The first-order chi connectivity index (χ1) is 7.08. The number of carboxylic acid groups (broad SMARTS) is 1. The molecule has 0 aromatic carbocycles. The molecule has 0 unspecified atom stereocenters. The molecule has 0 saturated heterocycles. The molecule has 0 bridgehead atoms. The van der Waals surface area contributed by atoms with Gasteiger partial charge in [0.1, 0.15) is 0 Å². The lowest BCUT2D eigenvalue weighted by molar-refractivity contribution is 0.209. The Balaban J connectivity index is 3.23. The highest BCUT2D eigenvalue weighted by Crippen LogP contribution is 2.31. The molecular formula is C7H10N4O4. The maximum Gasteiger partial charge on any atom is 0.409 e. The van der Waals surface area contributed by atoms with Crippen molar-refractivity contribution in [1.82, 2.24) is 9.97 Å². The SMILES string of the molecule is COc1nc(N)nc(OC)c1NC(=O)O. The van der Waals surface area contributed by atoms with E-state index < -0.39 is 6.09 Å². The fraction of sp³-hybridized carbons (Fsp3) is 0.286. The standard InChI is InChI=1S/C7H10N4O4/c1-14-4-3(9-7(12)13)5(15-2)11-6(8)10-4/h9H,1-2H3,(H,12,13)(H2,8,10,11). The molecule has 8 heteroatoms. The van der Waals surface area contributed by atoms with Crippen molar-refractivity contribution in [3.05, 3.63) is 0 Å². The molecule has 1 aromatic rings. The molecule has 8 nitrogen and oxygen atoms in total. The molecule has 1 rings (SSSR count). The smallest absolute Gasteiger partial charge is 0.409 e. The van der Waals surface area contributed by atoms with Crippen LogP contribution in [0.2, 0.25) is 0 Å². The van der Waals surface area contributed by atoms with E-state index in [2.05, 4.69) is 15.3 Å². The van der Waals surface area contributed by atoms with E-state index in [0.717, 1.165) is 0 Å². The lowest BCUT2D eigenvalue weighted by atomic mass is 10.4. The van der Waals surface area contributed by atoms with Crippen LogP contribution in [0, 0.1) is 0 Å². The van der Waals surface area contributed by atoms with Gasteiger partial charge in [0, 0.05) is 0 Å². The Morgan fingerprint density at radius 3 is 2.13 bits per heavy atom. The van der Waals surface area contributed by atoms with Crippen LogP contribution < -0.4 is 20.5 Å². The molecule has 4 N–H and O–H groups in total. The summed E-state index contributed by atoms with van der Waals surface area (Å²) in [6.07, 6.45) is -1.28. The van der Waals surface area contributed by atoms with Gasteiger partial charge in [-0.05, 0) is 0 Å². The number of aromatic nitrogens is 2. The molecular weight excluding hydrogens is 204 g/mol. The molecule has 1 amide bonds. The van der Waals surface area contributed by atoms with Crippen LogP contribution >= 0.6 is 0 Å². The van der Waals surface area contributed by atoms with Crippen LogP contribution in [0.15, 0.2) is 0 Å². The molecule has 15 heavy (non-hydrogen) atoms. The minimum Gasteiger partial charge on any atom is -0.479 e. The van der Waals surface area contributed by atoms with E-state index in [1.165, 1.54) is 14.2 Å². The van der Waals surface area contributed by atoms with Crippen molar-refractivity contribution in [2.45, 2.75) is 0 Å². The number of carbonyl (C=O) groups is 1. The highest BCUT2D eigenvalue weighted by Gasteiger charge is 2.16. The van der Waals surface area contributed by atoms with Crippen molar-refractivity contribution < 1.29 is 19.4 Å². The predicted octanol–water partition coefficient (Wildman–Crippen LogP) is 0.166. The number of methoxy groups -OCH3 is 2. The van der Waals surface area contributed by atoms with E-state index in [1.807, 2.05) is 0 Å². The second-order valence-corrected chi connectivity index (χ2v) is 2.41. The van der Waals surface area contributed by atoms with Crippen LogP contribution in [0.1, 0.15) is 0 Å². The number of nitrogens with one attached hydrogen (secondary N) is 1. The van der Waals surface area contributed by atoms with Gasteiger partial charge in [0.05, 0.1) is 14.2 Å². The van der Waals surface area contributed by atoms with Crippen LogP contribution in [0.5, 0.6) is 11.8 Å². The average Bonchev–Trinajstić information content (AvgIpc) is 2.19. The predicted molar refractivity (Wildman–Crippen MR) is 51.2 cm³/mol. The van der Waals surface area contributed by atoms with Gasteiger partial charge in [-0.15, -0.1) is 0 Å². The zero-order valence-corrected chi connectivity index (χ0v) is 8.14. The third kappa shape index (κ3) is 2.36. The highest BCUT2D eigenvalue weighted by molar-refractivity contribution is 5.86. The van der Waals surface area contributed by atoms with Crippen molar-refractivity contribution in [3.63, 3.8) is 0 Å². The molecule has 0 saturated carbocycles. The van der Waals surface area contributed by atoms with Crippen molar-refractivity contribution >= 4 is 17.7 Å². The van der Waals surface area contributed by atoms with Gasteiger partial charge in [-0.3, -0.25) is 5.32 Å². The fourth-order valence-corrected chi connectivity index (χ4v) is 0.946. The minimum absolute atomic E-state index is 0.00162. The number of amides is 1. The molecule has 0 radical (unpaired) electrons. The van der Waals surface area contributed by atoms with E-state index in [4.69, 9.17) is 20.3 Å². The molecule has 0 fully saturated rings. The van der Waals surface area contributed by atoms with E-state index >= 15 is 0 Å². The summed E-state index contributed by atoms with van der Waals surface area (Å²) in [7, 11) is 2.66. The number of hydrogen-bond donors (Lipinski definition) is 3. The van der Waals surface area contributed by atoms with Gasteiger partial charge in [0.2, 0.25) is 17.7 Å². The van der Waals surface area contributed by atoms with Crippen LogP contribution in [0.25, 0.3) is 0 Å². The Hall–Kier alpha value is -2.25. The van der Waals surface area contributed by atoms with Crippen LogP contribution in [0.3, 0.4) is 0 Å². The molecule has 1 heterocycles. The number of anilines is 2. The summed E-state index contributed by atoms with van der Waals surface area (Å²) in [5.41, 5.74) is 5.37. The minimum atomic E-state index is -1.28. The fourth-order valence-electron chi connectivity index (χ4n) is 0.946. The first kappa shape index (κ1) is 10.8. The number of rotatable bonds is 3. The van der Waals surface area contributed by atoms with Gasteiger partial charge in [-0.1, -0.05) is 0 Å². The Bertz CT molecular complexity index is 356. The number of hydrogen-bond acceptors (Lipinski definition) is 6. The van der Waals surface area contributed by atoms with Crippen LogP contribution in [-0.4, -0.2) is 35.4 Å². The van der Waals surface area contributed by atoms with E-state index in [-0.39, 0.29) is 23.4 Å². The maximum absolute atomic E-state index is 10.5. The number of nitrogen functional groups attached to an aromatic ring is 1. The summed E-state index contributed by atoms with van der Waals surface area (Å²) in [6.45, 7) is 0. The zero-order valence-electron chi connectivity index (χ0n) is 8.14. The van der Waals surface area contributed by atoms with Crippen LogP contribution in [-0.2, 0) is 0 Å². The Kier molecular flexibility index (Phi) is 3.11. The third-order valence-corrected chi connectivity index (χ3v) is 1.48. The summed E-state index contributed by atoms with van der Waals surface area (Å²) in [6, 6.07) is 0. The zero-order chi connectivity index (χ0) is 11.4. The number of ether oxygens (including phenoxy) is 2. The van der Waals surface area contributed by atoms with Gasteiger partial charge in [-0.25, -0.2) is 4.79 Å². The van der Waals surface area contributed by atoms with Crippen molar-refractivity contribution in [3.8, 4) is 11.8 Å². The van der Waals surface area contributed by atoms with Crippen molar-refractivity contribution in [1.29, 1.82) is 0 Å². The van der Waals surface area contributed by atoms with Gasteiger partial charge in [0.25, 0.3) is 0 Å². The highest BCUT2D eigenvalue weighted by atomic mass is 16.5. The molecule has 82 valence electrons. The van der Waals surface area contributed by atoms with Gasteiger partial charge < -0.3 is 20.3 Å². The van der Waals surface area contributed by atoms with Crippen molar-refractivity contribution in [2.75, 3.05) is 25.3 Å². The van der Waals surface area contributed by atoms with Gasteiger partial charge >= 0.3 is 6.09 Å². The third-order valence-electron chi connectivity index (χ3n) is 1.48. The monoisotopic (exact) mass is 214 g/mol. The Morgan fingerprint density at radius 2 is 1.80 bits per heavy atom. The summed E-state index contributed by atoms with van der Waals surface area (Å²) in [4.78, 5) is 17.9. The van der Waals surface area contributed by atoms with Gasteiger partial charge in [-0.2, -0.15) is 9.97 Å². The maximum atomic E-state index is 10.5. The van der Waals surface area contributed by atoms with E-state index in [1.54, 1.807) is 0 Å². The molecule has 0 aliphatic carbocycles. The topological polar surface area (TPSA) is 120 Å². The molecule has 1 aromatic heterocycles. The largest absolute Gasteiger partial charge is 0.479 e. The summed E-state index contributed by atoms with van der Waals surface area (Å²) < 4.78 is 9.67. The molecule has 0 spiro atoms. The van der Waals surface area contributed by atoms with Crippen molar-refractivity contribution in [2.24, 2.45) is 0 Å². The summed E-state index contributed by atoms with van der Waals surface area (Å²) in [5, 5.41) is 10.6.